The summed E-state index contributed by atoms with van der Waals surface area (Å²) in [5.74, 6) is 0.183. The number of nitrogens with one attached hydrogen (secondary N) is 1. The normalized spacial score (nSPS) is 11.1. The summed E-state index contributed by atoms with van der Waals surface area (Å²) in [6, 6.07) is 5.36. The van der Waals surface area contributed by atoms with Crippen LogP contribution in [0, 0.1) is 5.82 Å². The molecule has 0 saturated heterocycles. The van der Waals surface area contributed by atoms with Gasteiger partial charge in [-0.25, -0.2) is 14.4 Å². The Bertz CT molecular complexity index is 570. The minimum absolute atomic E-state index is 0.125. The highest BCUT2D eigenvalue weighted by atomic mass is 35.5. The van der Waals surface area contributed by atoms with E-state index in [9.17, 15) is 4.39 Å². The molecule has 106 valence electrons. The third-order valence-electron chi connectivity index (χ3n) is 2.85. The maximum Gasteiger partial charge on any atom is 0.145 e. The first-order valence-electron chi connectivity index (χ1n) is 6.52. The van der Waals surface area contributed by atoms with E-state index in [2.05, 4.69) is 29.1 Å². The zero-order valence-corrected chi connectivity index (χ0v) is 12.3. The van der Waals surface area contributed by atoms with E-state index in [4.69, 9.17) is 11.6 Å². The quantitative estimate of drug-likeness (QED) is 0.918. The van der Waals surface area contributed by atoms with Crippen molar-refractivity contribution in [2.75, 3.05) is 0 Å². The van der Waals surface area contributed by atoms with Gasteiger partial charge < -0.3 is 5.32 Å². The molecule has 2 rings (SSSR count). The monoisotopic (exact) mass is 293 g/mol. The van der Waals surface area contributed by atoms with Crippen molar-refractivity contribution in [3.8, 4) is 0 Å². The van der Waals surface area contributed by atoms with Gasteiger partial charge in [-0.2, -0.15) is 0 Å². The highest BCUT2D eigenvalue weighted by Gasteiger charge is 2.08. The molecule has 0 atom stereocenters. The molecule has 20 heavy (non-hydrogen) atoms. The number of hydrogen-bond donors (Lipinski definition) is 1. The first-order chi connectivity index (χ1) is 9.56. The summed E-state index contributed by atoms with van der Waals surface area (Å²) >= 11 is 5.75. The van der Waals surface area contributed by atoms with Crippen LogP contribution in [0.15, 0.2) is 30.6 Å². The molecular formula is C15H17ClFN3. The highest BCUT2D eigenvalue weighted by molar-refractivity contribution is 6.30. The predicted molar refractivity (Wildman–Crippen MR) is 78.2 cm³/mol. The van der Waals surface area contributed by atoms with Crippen molar-refractivity contribution in [2.24, 2.45) is 0 Å². The smallest absolute Gasteiger partial charge is 0.145 e. The number of halogens is 2. The van der Waals surface area contributed by atoms with Crippen molar-refractivity contribution in [3.05, 3.63) is 58.4 Å². The van der Waals surface area contributed by atoms with Gasteiger partial charge in [-0.1, -0.05) is 37.6 Å². The Kier molecular flexibility index (Phi) is 5.04. The Hall–Kier alpha value is -1.52. The third-order valence-corrected chi connectivity index (χ3v) is 3.15. The zero-order valence-electron chi connectivity index (χ0n) is 11.5. The predicted octanol–water partition coefficient (Wildman–Crippen LogP) is 3.36. The third kappa shape index (κ3) is 3.99. The molecule has 2 aromatic rings. The van der Waals surface area contributed by atoms with Gasteiger partial charge in [-0.05, 0) is 11.6 Å². The molecule has 3 nitrogen and oxygen atoms in total. The van der Waals surface area contributed by atoms with Crippen molar-refractivity contribution in [1.82, 2.24) is 15.3 Å². The Labute approximate surface area is 123 Å². The van der Waals surface area contributed by atoms with E-state index in [0.717, 1.165) is 12.1 Å². The lowest BCUT2D eigenvalue weighted by molar-refractivity contribution is 0.586. The first-order valence-corrected chi connectivity index (χ1v) is 6.90. The molecule has 0 aliphatic rings. The molecule has 0 saturated carbocycles. The molecule has 0 amide bonds. The van der Waals surface area contributed by atoms with Crippen LogP contribution in [-0.4, -0.2) is 16.0 Å². The highest BCUT2D eigenvalue weighted by Crippen LogP contribution is 2.19. The molecule has 0 aliphatic heterocycles. The van der Waals surface area contributed by atoms with E-state index >= 15 is 0 Å². The van der Waals surface area contributed by atoms with Crippen LogP contribution in [0.5, 0.6) is 0 Å². The van der Waals surface area contributed by atoms with Gasteiger partial charge in [0.15, 0.2) is 0 Å². The van der Waals surface area contributed by atoms with Crippen molar-refractivity contribution in [3.63, 3.8) is 0 Å². The van der Waals surface area contributed by atoms with E-state index in [1.165, 1.54) is 6.07 Å². The molecule has 0 aliphatic carbocycles. The van der Waals surface area contributed by atoms with E-state index in [1.54, 1.807) is 24.5 Å². The van der Waals surface area contributed by atoms with Gasteiger partial charge in [0, 0.05) is 37.0 Å². The fraction of sp³-hybridized carbons (Fsp3) is 0.333. The summed E-state index contributed by atoms with van der Waals surface area (Å²) in [7, 11) is 0. The van der Waals surface area contributed by atoms with Gasteiger partial charge in [0.1, 0.15) is 11.6 Å². The largest absolute Gasteiger partial charge is 0.310 e. The molecule has 0 radical (unpaired) electrons. The first kappa shape index (κ1) is 14.9. The van der Waals surface area contributed by atoms with Crippen molar-refractivity contribution < 1.29 is 4.39 Å². The summed E-state index contributed by atoms with van der Waals surface area (Å²) in [6.45, 7) is 4.89. The van der Waals surface area contributed by atoms with Gasteiger partial charge in [-0.3, -0.25) is 0 Å². The zero-order chi connectivity index (χ0) is 14.5. The number of aromatic nitrogens is 2. The van der Waals surface area contributed by atoms with E-state index in [-0.39, 0.29) is 5.02 Å². The summed E-state index contributed by atoms with van der Waals surface area (Å²) in [5, 5.41) is 3.42. The Morgan fingerprint density at radius 3 is 2.60 bits per heavy atom. The van der Waals surface area contributed by atoms with Crippen LogP contribution in [0.1, 0.15) is 30.8 Å². The minimum Gasteiger partial charge on any atom is -0.310 e. The maximum atomic E-state index is 13.8. The van der Waals surface area contributed by atoms with Crippen molar-refractivity contribution in [1.29, 1.82) is 0 Å². The van der Waals surface area contributed by atoms with Crippen LogP contribution in [0.3, 0.4) is 0 Å². The van der Waals surface area contributed by atoms with Gasteiger partial charge in [0.05, 0.1) is 5.02 Å². The molecule has 0 fully saturated rings. The van der Waals surface area contributed by atoms with Crippen molar-refractivity contribution >= 4 is 11.6 Å². The average Bonchev–Trinajstić information content (AvgIpc) is 2.43. The molecule has 0 spiro atoms. The van der Waals surface area contributed by atoms with Crippen LogP contribution in [0.4, 0.5) is 4.39 Å². The number of rotatable bonds is 5. The SMILES string of the molecule is CC(C)NCc1cnc(Cc2cccc(Cl)c2F)nc1. The number of nitrogens with zero attached hydrogens (tertiary/aromatic N) is 2. The standard InChI is InChI=1S/C15H17ClFN3/c1-10(2)18-7-11-8-19-14(20-9-11)6-12-4-3-5-13(16)15(12)17/h3-5,8-10,18H,6-7H2,1-2H3. The fourth-order valence-corrected chi connectivity index (χ4v) is 1.94. The van der Waals surface area contributed by atoms with Crippen molar-refractivity contribution in [2.45, 2.75) is 32.9 Å². The molecule has 0 unspecified atom stereocenters. The second-order valence-electron chi connectivity index (χ2n) is 4.93. The summed E-state index contributed by atoms with van der Waals surface area (Å²) in [6.07, 6.45) is 3.87. The summed E-state index contributed by atoms with van der Waals surface area (Å²) < 4.78 is 13.8. The Balaban J connectivity index is 2.05. The molecule has 1 aromatic carbocycles. The van der Waals surface area contributed by atoms with Crippen LogP contribution >= 0.6 is 11.6 Å². The van der Waals surface area contributed by atoms with Crippen LogP contribution in [0.25, 0.3) is 0 Å². The molecule has 1 aromatic heterocycles. The van der Waals surface area contributed by atoms with Gasteiger partial charge in [0.2, 0.25) is 0 Å². The average molecular weight is 294 g/mol. The molecule has 0 bridgehead atoms. The van der Waals surface area contributed by atoms with Crippen LogP contribution in [-0.2, 0) is 13.0 Å². The van der Waals surface area contributed by atoms with Gasteiger partial charge in [0.25, 0.3) is 0 Å². The van der Waals surface area contributed by atoms with Gasteiger partial charge in [-0.15, -0.1) is 0 Å². The van der Waals surface area contributed by atoms with E-state index in [1.807, 2.05) is 0 Å². The lowest BCUT2D eigenvalue weighted by atomic mass is 10.1. The Morgan fingerprint density at radius 2 is 1.95 bits per heavy atom. The molecule has 1 N–H and O–H groups in total. The maximum absolute atomic E-state index is 13.8. The minimum atomic E-state index is -0.400. The van der Waals surface area contributed by atoms with E-state index < -0.39 is 5.82 Å². The second-order valence-corrected chi connectivity index (χ2v) is 5.34. The van der Waals surface area contributed by atoms with Crippen LogP contribution in [0.2, 0.25) is 5.02 Å². The molecule has 1 heterocycles. The lowest BCUT2D eigenvalue weighted by Crippen LogP contribution is -2.22. The Morgan fingerprint density at radius 1 is 1.25 bits per heavy atom. The molecule has 5 heteroatoms. The summed E-state index contributed by atoms with van der Waals surface area (Å²) in [5.41, 5.74) is 1.51. The van der Waals surface area contributed by atoms with E-state index in [0.29, 0.717) is 23.9 Å². The topological polar surface area (TPSA) is 37.8 Å². The fourth-order valence-electron chi connectivity index (χ4n) is 1.74. The second kappa shape index (κ2) is 6.77. The number of hydrogen-bond acceptors (Lipinski definition) is 3. The van der Waals surface area contributed by atoms with Crippen LogP contribution < -0.4 is 5.32 Å². The lowest BCUT2D eigenvalue weighted by Gasteiger charge is -2.08. The number of benzene rings is 1. The van der Waals surface area contributed by atoms with Gasteiger partial charge >= 0.3 is 0 Å². The molecular weight excluding hydrogens is 277 g/mol. The summed E-state index contributed by atoms with van der Waals surface area (Å²) in [4.78, 5) is 8.52.